The zero-order chi connectivity index (χ0) is 17.5. The highest BCUT2D eigenvalue weighted by Gasteiger charge is 2.22. The van der Waals surface area contributed by atoms with Gasteiger partial charge in [-0.3, -0.25) is 4.79 Å². The molecule has 25 heavy (non-hydrogen) atoms. The van der Waals surface area contributed by atoms with E-state index in [-0.39, 0.29) is 5.91 Å². The maximum atomic E-state index is 12.5. The number of hydrogen-bond donors (Lipinski definition) is 1. The number of benzene rings is 1. The minimum Gasteiger partial charge on any atom is -0.383 e. The average Bonchev–Trinajstić information content (AvgIpc) is 3.13. The number of nitrogens with zero attached hydrogens (tertiary/aromatic N) is 3. The van der Waals surface area contributed by atoms with E-state index in [1.165, 1.54) is 6.33 Å². The third-order valence-corrected chi connectivity index (χ3v) is 4.55. The molecular weight excluding hydrogens is 316 g/mol. The summed E-state index contributed by atoms with van der Waals surface area (Å²) in [5.74, 6) is 0.473. The summed E-state index contributed by atoms with van der Waals surface area (Å²) >= 11 is 0. The number of rotatable bonds is 7. The van der Waals surface area contributed by atoms with Gasteiger partial charge in [0.05, 0.1) is 6.61 Å². The molecule has 2 heterocycles. The molecule has 1 fully saturated rings. The second kappa shape index (κ2) is 8.69. The van der Waals surface area contributed by atoms with E-state index in [9.17, 15) is 4.79 Å². The Morgan fingerprint density at radius 1 is 1.32 bits per heavy atom. The minimum absolute atomic E-state index is 0.0333. The summed E-state index contributed by atoms with van der Waals surface area (Å²) in [5, 5.41) is 3.07. The van der Waals surface area contributed by atoms with Crippen molar-refractivity contribution in [2.24, 2.45) is 5.92 Å². The van der Waals surface area contributed by atoms with Crippen LogP contribution in [-0.4, -0.2) is 60.7 Å². The van der Waals surface area contributed by atoms with Crippen molar-refractivity contribution in [3.63, 3.8) is 0 Å². The van der Waals surface area contributed by atoms with E-state index < -0.39 is 0 Å². The van der Waals surface area contributed by atoms with E-state index in [1.54, 1.807) is 19.5 Å². The Kier molecular flexibility index (Phi) is 6.09. The number of carbonyl (C=O) groups is 1. The largest absolute Gasteiger partial charge is 0.383 e. The monoisotopic (exact) mass is 340 g/mol. The molecule has 1 aromatic carbocycles. The van der Waals surface area contributed by atoms with Gasteiger partial charge in [0.25, 0.3) is 5.91 Å². The molecule has 3 rings (SSSR count). The number of nitrogens with one attached hydrogen (secondary N) is 1. The number of hydrogen-bond acceptors (Lipinski definition) is 5. The first-order valence-corrected chi connectivity index (χ1v) is 8.61. The maximum absolute atomic E-state index is 12.5. The van der Waals surface area contributed by atoms with E-state index in [0.717, 1.165) is 43.8 Å². The molecular formula is C19H24N4O2. The number of likely N-dealkylation sites (tertiary alicyclic amines) is 1. The molecule has 1 aromatic heterocycles. The quantitative estimate of drug-likeness (QED) is 0.833. The third-order valence-electron chi connectivity index (χ3n) is 4.55. The summed E-state index contributed by atoms with van der Waals surface area (Å²) in [4.78, 5) is 22.9. The lowest BCUT2D eigenvalue weighted by Gasteiger charge is -2.15. The molecule has 0 unspecified atom stereocenters. The fraction of sp³-hybridized carbons (Fsp3) is 0.421. The molecule has 1 aliphatic heterocycles. The van der Waals surface area contributed by atoms with Crippen molar-refractivity contribution in [1.29, 1.82) is 0 Å². The Morgan fingerprint density at radius 2 is 2.16 bits per heavy atom. The topological polar surface area (TPSA) is 67.3 Å². The van der Waals surface area contributed by atoms with E-state index in [2.05, 4.69) is 20.2 Å². The van der Waals surface area contributed by atoms with Gasteiger partial charge < -0.3 is 15.0 Å². The summed E-state index contributed by atoms with van der Waals surface area (Å²) in [6, 6.07) is 7.56. The fourth-order valence-electron chi connectivity index (χ4n) is 3.13. The SMILES string of the molecule is COCCN1CC[C@@H](CNC(=O)c2cccc(-c3cncnc3)c2)C1. The lowest BCUT2D eigenvalue weighted by Crippen LogP contribution is -2.31. The second-order valence-electron chi connectivity index (χ2n) is 6.37. The van der Waals surface area contributed by atoms with Crippen molar-refractivity contribution in [2.45, 2.75) is 6.42 Å². The van der Waals surface area contributed by atoms with E-state index >= 15 is 0 Å². The van der Waals surface area contributed by atoms with Crippen molar-refractivity contribution < 1.29 is 9.53 Å². The Labute approximate surface area is 148 Å². The summed E-state index contributed by atoms with van der Waals surface area (Å²) in [7, 11) is 1.73. The first-order valence-electron chi connectivity index (χ1n) is 8.61. The molecule has 2 aromatic rings. The molecule has 1 atom stereocenters. The molecule has 0 aliphatic carbocycles. The predicted octanol–water partition coefficient (Wildman–Crippen LogP) is 1.84. The van der Waals surface area contributed by atoms with Crippen LogP contribution in [0.5, 0.6) is 0 Å². The summed E-state index contributed by atoms with van der Waals surface area (Å²) < 4.78 is 5.12. The maximum Gasteiger partial charge on any atom is 0.251 e. The van der Waals surface area contributed by atoms with Crippen molar-refractivity contribution in [3.8, 4) is 11.1 Å². The van der Waals surface area contributed by atoms with Gasteiger partial charge in [0.2, 0.25) is 0 Å². The van der Waals surface area contributed by atoms with Crippen molar-refractivity contribution >= 4 is 5.91 Å². The van der Waals surface area contributed by atoms with Gasteiger partial charge in [-0.2, -0.15) is 0 Å². The molecule has 0 spiro atoms. The second-order valence-corrected chi connectivity index (χ2v) is 6.37. The van der Waals surface area contributed by atoms with Crippen LogP contribution in [0.4, 0.5) is 0 Å². The zero-order valence-corrected chi connectivity index (χ0v) is 14.5. The van der Waals surface area contributed by atoms with Gasteiger partial charge in [0, 0.05) is 50.3 Å². The number of methoxy groups -OCH3 is 1. The third kappa shape index (κ3) is 4.84. The Bertz CT molecular complexity index is 693. The molecule has 1 saturated heterocycles. The van der Waals surface area contributed by atoms with Crippen molar-refractivity contribution in [2.75, 3.05) is 39.9 Å². The number of aromatic nitrogens is 2. The minimum atomic E-state index is -0.0333. The standard InChI is InChI=1S/C19H24N4O2/c1-25-8-7-23-6-5-15(13-23)10-22-19(24)17-4-2-3-16(9-17)18-11-20-14-21-12-18/h2-4,9,11-12,14-15H,5-8,10,13H2,1H3,(H,22,24)/t15-/m0/s1. The van der Waals surface area contributed by atoms with Crippen LogP contribution in [0.2, 0.25) is 0 Å². The van der Waals surface area contributed by atoms with Crippen molar-refractivity contribution in [3.05, 3.63) is 48.5 Å². The van der Waals surface area contributed by atoms with Crippen LogP contribution in [0, 0.1) is 5.92 Å². The normalized spacial score (nSPS) is 17.6. The van der Waals surface area contributed by atoms with Gasteiger partial charge in [-0.25, -0.2) is 9.97 Å². The number of amides is 1. The van der Waals surface area contributed by atoms with Crippen LogP contribution in [0.25, 0.3) is 11.1 Å². The fourth-order valence-corrected chi connectivity index (χ4v) is 3.13. The highest BCUT2D eigenvalue weighted by atomic mass is 16.5. The molecule has 6 nitrogen and oxygen atoms in total. The Balaban J connectivity index is 1.54. The van der Waals surface area contributed by atoms with E-state index in [0.29, 0.717) is 18.0 Å². The summed E-state index contributed by atoms with van der Waals surface area (Å²) in [5.41, 5.74) is 2.51. The molecule has 0 saturated carbocycles. The van der Waals surface area contributed by atoms with E-state index in [1.807, 2.05) is 24.3 Å². The van der Waals surface area contributed by atoms with Gasteiger partial charge in [0.15, 0.2) is 0 Å². The first-order chi connectivity index (χ1) is 12.3. The zero-order valence-electron chi connectivity index (χ0n) is 14.5. The summed E-state index contributed by atoms with van der Waals surface area (Å²) in [6.07, 6.45) is 6.11. The summed E-state index contributed by atoms with van der Waals surface area (Å²) in [6.45, 7) is 4.52. The van der Waals surface area contributed by atoms with Gasteiger partial charge in [-0.15, -0.1) is 0 Å². The van der Waals surface area contributed by atoms with Gasteiger partial charge in [-0.05, 0) is 36.6 Å². The molecule has 1 amide bonds. The van der Waals surface area contributed by atoms with Gasteiger partial charge >= 0.3 is 0 Å². The highest BCUT2D eigenvalue weighted by molar-refractivity contribution is 5.95. The first kappa shape index (κ1) is 17.5. The molecule has 0 radical (unpaired) electrons. The highest BCUT2D eigenvalue weighted by Crippen LogP contribution is 2.19. The molecule has 0 bridgehead atoms. The average molecular weight is 340 g/mol. The van der Waals surface area contributed by atoms with Crippen LogP contribution < -0.4 is 5.32 Å². The predicted molar refractivity (Wildman–Crippen MR) is 96.2 cm³/mol. The molecule has 1 aliphatic rings. The van der Waals surface area contributed by atoms with Crippen LogP contribution >= 0.6 is 0 Å². The molecule has 1 N–H and O–H groups in total. The van der Waals surface area contributed by atoms with Crippen molar-refractivity contribution in [1.82, 2.24) is 20.2 Å². The Morgan fingerprint density at radius 3 is 2.96 bits per heavy atom. The van der Waals surface area contributed by atoms with Gasteiger partial charge in [0.1, 0.15) is 6.33 Å². The Hall–Kier alpha value is -2.31. The van der Waals surface area contributed by atoms with E-state index in [4.69, 9.17) is 4.74 Å². The van der Waals surface area contributed by atoms with Crippen LogP contribution in [0.1, 0.15) is 16.8 Å². The smallest absolute Gasteiger partial charge is 0.251 e. The number of carbonyl (C=O) groups excluding carboxylic acids is 1. The number of ether oxygens (including phenoxy) is 1. The van der Waals surface area contributed by atoms with Crippen LogP contribution in [-0.2, 0) is 4.74 Å². The van der Waals surface area contributed by atoms with Gasteiger partial charge in [-0.1, -0.05) is 12.1 Å². The molecule has 6 heteroatoms. The van der Waals surface area contributed by atoms with Crippen LogP contribution in [0.3, 0.4) is 0 Å². The lowest BCUT2D eigenvalue weighted by molar-refractivity contribution is 0.0946. The van der Waals surface area contributed by atoms with Crippen LogP contribution in [0.15, 0.2) is 43.0 Å². The lowest BCUT2D eigenvalue weighted by atomic mass is 10.0. The molecule has 132 valence electrons.